The van der Waals surface area contributed by atoms with Crippen LogP contribution < -0.4 is 10.6 Å². The molecule has 0 radical (unpaired) electrons. The molecule has 1 saturated carbocycles. The van der Waals surface area contributed by atoms with Gasteiger partial charge in [-0.3, -0.25) is 4.79 Å². The fraction of sp³-hybridized carbons (Fsp3) is 0.500. The maximum atomic E-state index is 12.3. The number of hydrogen-bond donors (Lipinski definition) is 2. The molecule has 1 atom stereocenters. The number of hydrogen-bond acceptors (Lipinski definition) is 2. The van der Waals surface area contributed by atoms with Crippen molar-refractivity contribution < 1.29 is 4.79 Å². The molecule has 3 heteroatoms. The Morgan fingerprint density at radius 1 is 1.41 bits per heavy atom. The summed E-state index contributed by atoms with van der Waals surface area (Å²) in [5.74, 6) is 0.212. The molecule has 3 rings (SSSR count). The Labute approximate surface area is 102 Å². The van der Waals surface area contributed by atoms with Crippen LogP contribution in [-0.4, -0.2) is 18.0 Å². The number of para-hydroxylation sites is 1. The van der Waals surface area contributed by atoms with Gasteiger partial charge in [0.15, 0.2) is 0 Å². The highest BCUT2D eigenvalue weighted by atomic mass is 16.2. The highest BCUT2D eigenvalue weighted by Gasteiger charge is 2.40. The molecule has 1 heterocycles. The van der Waals surface area contributed by atoms with Crippen LogP contribution in [0.4, 0.5) is 5.69 Å². The Bertz CT molecular complexity index is 451. The van der Waals surface area contributed by atoms with Crippen molar-refractivity contribution in [2.45, 2.75) is 37.6 Å². The second kappa shape index (κ2) is 3.76. The van der Waals surface area contributed by atoms with Gasteiger partial charge in [-0.1, -0.05) is 18.2 Å². The molecule has 17 heavy (non-hydrogen) atoms. The number of nitrogens with one attached hydrogen (secondary N) is 2. The normalized spacial score (nSPS) is 24.4. The predicted molar refractivity (Wildman–Crippen MR) is 68.1 cm³/mol. The van der Waals surface area contributed by atoms with Crippen molar-refractivity contribution in [2.75, 3.05) is 11.9 Å². The number of carbonyl (C=O) groups is 1. The van der Waals surface area contributed by atoms with E-state index in [-0.39, 0.29) is 17.4 Å². The summed E-state index contributed by atoms with van der Waals surface area (Å²) in [6.07, 6.45) is 3.12. The zero-order valence-electron chi connectivity index (χ0n) is 10.1. The molecule has 1 unspecified atom stereocenters. The van der Waals surface area contributed by atoms with Gasteiger partial charge in [-0.05, 0) is 37.8 Å². The van der Waals surface area contributed by atoms with Gasteiger partial charge in [0.25, 0.3) is 0 Å². The van der Waals surface area contributed by atoms with Crippen molar-refractivity contribution in [3.63, 3.8) is 0 Å². The van der Waals surface area contributed by atoms with Crippen LogP contribution in [0.25, 0.3) is 0 Å². The van der Waals surface area contributed by atoms with Crippen LogP contribution in [0.5, 0.6) is 0 Å². The van der Waals surface area contributed by atoms with E-state index < -0.39 is 0 Å². The highest BCUT2D eigenvalue weighted by Crippen LogP contribution is 2.37. The van der Waals surface area contributed by atoms with Crippen LogP contribution in [-0.2, 0) is 4.79 Å². The lowest BCUT2D eigenvalue weighted by Gasteiger charge is -2.27. The molecular weight excluding hydrogens is 212 g/mol. The SMILES string of the molecule is CC1(NC(=O)C2CCNc3ccccc32)CC1. The standard InChI is InChI=1S/C14H18N2O/c1-14(7-8-14)16-13(17)11-6-9-15-12-5-3-2-4-10(11)12/h2-5,11,15H,6-9H2,1H3,(H,16,17). The van der Waals surface area contributed by atoms with E-state index in [0.717, 1.165) is 37.1 Å². The maximum Gasteiger partial charge on any atom is 0.228 e. The van der Waals surface area contributed by atoms with Gasteiger partial charge in [-0.15, -0.1) is 0 Å². The summed E-state index contributed by atoms with van der Waals surface area (Å²) in [5.41, 5.74) is 2.33. The number of anilines is 1. The summed E-state index contributed by atoms with van der Waals surface area (Å²) in [6, 6.07) is 8.12. The molecule has 1 aliphatic carbocycles. The number of carbonyl (C=O) groups excluding carboxylic acids is 1. The summed E-state index contributed by atoms with van der Waals surface area (Å²) < 4.78 is 0. The molecule has 1 aromatic carbocycles. The van der Waals surface area contributed by atoms with E-state index in [4.69, 9.17) is 0 Å². The van der Waals surface area contributed by atoms with Crippen LogP contribution in [0.3, 0.4) is 0 Å². The van der Waals surface area contributed by atoms with Gasteiger partial charge in [-0.2, -0.15) is 0 Å². The first kappa shape index (κ1) is 10.6. The molecule has 0 aromatic heterocycles. The van der Waals surface area contributed by atoms with Gasteiger partial charge in [0.05, 0.1) is 5.92 Å². The Kier molecular flexibility index (Phi) is 2.35. The number of fused-ring (bicyclic) bond motifs is 1. The summed E-state index contributed by atoms with van der Waals surface area (Å²) >= 11 is 0. The third-order valence-corrected chi connectivity index (χ3v) is 3.83. The van der Waals surface area contributed by atoms with Gasteiger partial charge < -0.3 is 10.6 Å². The molecule has 90 valence electrons. The van der Waals surface area contributed by atoms with E-state index in [1.807, 2.05) is 18.2 Å². The molecule has 1 amide bonds. The summed E-state index contributed by atoms with van der Waals surface area (Å²) in [5, 5.41) is 6.52. The van der Waals surface area contributed by atoms with E-state index in [1.165, 1.54) is 0 Å². The molecule has 0 spiro atoms. The molecule has 1 aliphatic heterocycles. The van der Waals surface area contributed by atoms with Crippen molar-refractivity contribution >= 4 is 11.6 Å². The van der Waals surface area contributed by atoms with Crippen molar-refractivity contribution in [1.29, 1.82) is 0 Å². The van der Waals surface area contributed by atoms with Crippen molar-refractivity contribution in [3.05, 3.63) is 29.8 Å². The smallest absolute Gasteiger partial charge is 0.228 e. The monoisotopic (exact) mass is 230 g/mol. The Balaban J connectivity index is 1.82. The van der Waals surface area contributed by atoms with E-state index in [0.29, 0.717) is 0 Å². The van der Waals surface area contributed by atoms with Crippen LogP contribution >= 0.6 is 0 Å². The summed E-state index contributed by atoms with van der Waals surface area (Å²) in [7, 11) is 0. The number of rotatable bonds is 2. The predicted octanol–water partition coefficient (Wildman–Crippen LogP) is 2.25. The summed E-state index contributed by atoms with van der Waals surface area (Å²) in [4.78, 5) is 12.3. The maximum absolute atomic E-state index is 12.3. The van der Waals surface area contributed by atoms with Crippen LogP contribution in [0, 0.1) is 0 Å². The lowest BCUT2D eigenvalue weighted by molar-refractivity contribution is -0.123. The molecule has 3 nitrogen and oxygen atoms in total. The largest absolute Gasteiger partial charge is 0.385 e. The first-order valence-electron chi connectivity index (χ1n) is 6.33. The number of benzene rings is 1. The Morgan fingerprint density at radius 2 is 2.18 bits per heavy atom. The highest BCUT2D eigenvalue weighted by molar-refractivity contribution is 5.87. The van der Waals surface area contributed by atoms with Gasteiger partial charge >= 0.3 is 0 Å². The average Bonchev–Trinajstić information content (AvgIpc) is 3.06. The fourth-order valence-electron chi connectivity index (χ4n) is 2.44. The Hall–Kier alpha value is -1.51. The lowest BCUT2D eigenvalue weighted by atomic mass is 9.90. The minimum atomic E-state index is 0.0184. The molecule has 0 saturated heterocycles. The molecule has 2 N–H and O–H groups in total. The van der Waals surface area contributed by atoms with E-state index in [9.17, 15) is 4.79 Å². The molecule has 1 aromatic rings. The van der Waals surface area contributed by atoms with Gasteiger partial charge in [0.2, 0.25) is 5.91 Å². The molecular formula is C14H18N2O. The second-order valence-electron chi connectivity index (χ2n) is 5.41. The molecule has 2 aliphatic rings. The quantitative estimate of drug-likeness (QED) is 0.818. The van der Waals surface area contributed by atoms with Crippen LogP contribution in [0.2, 0.25) is 0 Å². The number of amides is 1. The van der Waals surface area contributed by atoms with E-state index in [2.05, 4.69) is 23.6 Å². The fourth-order valence-corrected chi connectivity index (χ4v) is 2.44. The second-order valence-corrected chi connectivity index (χ2v) is 5.41. The van der Waals surface area contributed by atoms with Gasteiger partial charge in [-0.25, -0.2) is 0 Å². The van der Waals surface area contributed by atoms with Gasteiger partial charge in [0, 0.05) is 17.8 Å². The van der Waals surface area contributed by atoms with E-state index >= 15 is 0 Å². The average molecular weight is 230 g/mol. The third kappa shape index (κ3) is 2.02. The molecule has 0 bridgehead atoms. The summed E-state index contributed by atoms with van der Waals surface area (Å²) in [6.45, 7) is 3.00. The Morgan fingerprint density at radius 3 is 2.94 bits per heavy atom. The first-order chi connectivity index (χ1) is 8.18. The van der Waals surface area contributed by atoms with E-state index in [1.54, 1.807) is 0 Å². The van der Waals surface area contributed by atoms with Crippen molar-refractivity contribution in [1.82, 2.24) is 5.32 Å². The zero-order chi connectivity index (χ0) is 11.9. The third-order valence-electron chi connectivity index (χ3n) is 3.83. The zero-order valence-corrected chi connectivity index (χ0v) is 10.1. The van der Waals surface area contributed by atoms with Crippen molar-refractivity contribution in [2.24, 2.45) is 0 Å². The van der Waals surface area contributed by atoms with Crippen molar-refractivity contribution in [3.8, 4) is 0 Å². The van der Waals surface area contributed by atoms with Crippen LogP contribution in [0.1, 0.15) is 37.7 Å². The first-order valence-corrected chi connectivity index (χ1v) is 6.33. The minimum Gasteiger partial charge on any atom is -0.385 e. The van der Waals surface area contributed by atoms with Gasteiger partial charge in [0.1, 0.15) is 0 Å². The lowest BCUT2D eigenvalue weighted by Crippen LogP contribution is -2.39. The minimum absolute atomic E-state index is 0.0184. The van der Waals surface area contributed by atoms with Crippen LogP contribution in [0.15, 0.2) is 24.3 Å². The topological polar surface area (TPSA) is 41.1 Å². The molecule has 1 fully saturated rings.